The Morgan fingerprint density at radius 3 is 1.62 bits per heavy atom. The molecule has 2 bridgehead atoms. The molecule has 0 atom stereocenters. The molecule has 0 saturated heterocycles. The Hall–Kier alpha value is -0.790. The molecule has 0 spiro atoms. The van der Waals surface area contributed by atoms with Crippen LogP contribution in [0, 0.1) is 11.8 Å². The summed E-state index contributed by atoms with van der Waals surface area (Å²) in [5.41, 5.74) is 0. The van der Waals surface area contributed by atoms with Gasteiger partial charge in [0.25, 0.3) is 0 Å². The number of nitrogens with one attached hydrogen (secondary N) is 1. The van der Waals surface area contributed by atoms with Gasteiger partial charge >= 0.3 is 0 Å². The van der Waals surface area contributed by atoms with Crippen molar-refractivity contribution in [1.29, 1.82) is 0 Å². The van der Waals surface area contributed by atoms with Crippen LogP contribution >= 0.6 is 0 Å². The summed E-state index contributed by atoms with van der Waals surface area (Å²) in [5.74, 6) is 2.31. The third-order valence-corrected chi connectivity index (χ3v) is 3.36. The lowest BCUT2D eigenvalue weighted by atomic mass is 9.71. The van der Waals surface area contributed by atoms with E-state index in [-0.39, 0.29) is 0 Å². The van der Waals surface area contributed by atoms with Gasteiger partial charge in [-0.25, -0.2) is 4.98 Å². The maximum atomic E-state index is 3.67. The molecule has 0 aromatic carbocycles. The van der Waals surface area contributed by atoms with Crippen LogP contribution in [0.25, 0.3) is 0 Å². The number of nitrogens with zero attached hydrogens (tertiary/aromatic N) is 1. The largest absolute Gasteiger partial charge is 0.351 e. The van der Waals surface area contributed by atoms with Gasteiger partial charge in [-0.15, -0.1) is 0 Å². The van der Waals surface area contributed by atoms with E-state index in [1.165, 1.54) is 0 Å². The van der Waals surface area contributed by atoms with Crippen molar-refractivity contribution in [3.63, 3.8) is 0 Å². The molecule has 0 radical (unpaired) electrons. The van der Waals surface area contributed by atoms with E-state index in [0.717, 1.165) is 11.8 Å². The van der Waals surface area contributed by atoms with Crippen LogP contribution in [0.2, 0.25) is 0 Å². The van der Waals surface area contributed by atoms with E-state index in [1.54, 1.807) is 57.2 Å². The van der Waals surface area contributed by atoms with E-state index in [2.05, 4.69) is 9.97 Å². The molecule has 1 aromatic heterocycles. The van der Waals surface area contributed by atoms with Gasteiger partial charge in [0, 0.05) is 12.4 Å². The molecular formula is C11H18N2. The van der Waals surface area contributed by atoms with E-state index in [0.29, 0.717) is 0 Å². The van der Waals surface area contributed by atoms with Gasteiger partial charge in [-0.3, -0.25) is 0 Å². The lowest BCUT2D eigenvalue weighted by Gasteiger charge is -2.35. The van der Waals surface area contributed by atoms with Gasteiger partial charge in [-0.1, -0.05) is 38.5 Å². The second-order valence-electron chi connectivity index (χ2n) is 4.22. The average molecular weight is 178 g/mol. The van der Waals surface area contributed by atoms with E-state index in [9.17, 15) is 0 Å². The van der Waals surface area contributed by atoms with Crippen molar-refractivity contribution < 1.29 is 0 Å². The maximum Gasteiger partial charge on any atom is 0.0919 e. The number of fused-ring (bicyclic) bond motifs is 3. The Morgan fingerprint density at radius 1 is 0.923 bits per heavy atom. The SMILES string of the molecule is C1CC2CCC1CC2.c1c[nH]cn1. The predicted octanol–water partition coefficient (Wildman–Crippen LogP) is 3.00. The lowest BCUT2D eigenvalue weighted by Crippen LogP contribution is -2.21. The van der Waals surface area contributed by atoms with E-state index < -0.39 is 0 Å². The molecule has 1 aromatic rings. The van der Waals surface area contributed by atoms with Crippen molar-refractivity contribution in [2.45, 2.75) is 38.5 Å². The second kappa shape index (κ2) is 4.45. The summed E-state index contributed by atoms with van der Waals surface area (Å²) in [6, 6.07) is 0. The Balaban J connectivity index is 0.000000113. The quantitative estimate of drug-likeness (QED) is 0.650. The maximum absolute atomic E-state index is 3.67. The fraction of sp³-hybridized carbons (Fsp3) is 0.727. The first-order chi connectivity index (χ1) is 6.45. The zero-order valence-electron chi connectivity index (χ0n) is 8.08. The molecule has 0 unspecified atom stereocenters. The molecule has 3 saturated carbocycles. The van der Waals surface area contributed by atoms with Crippen molar-refractivity contribution in [3.05, 3.63) is 18.7 Å². The monoisotopic (exact) mass is 178 g/mol. The zero-order chi connectivity index (χ0) is 8.93. The molecule has 13 heavy (non-hydrogen) atoms. The molecule has 4 rings (SSSR count). The Bertz CT molecular complexity index is 170. The van der Waals surface area contributed by atoms with Crippen LogP contribution < -0.4 is 0 Å². The molecule has 3 aliphatic carbocycles. The van der Waals surface area contributed by atoms with Gasteiger partial charge in [0.2, 0.25) is 0 Å². The zero-order valence-corrected chi connectivity index (χ0v) is 8.08. The highest BCUT2D eigenvalue weighted by atomic mass is 14.8. The third kappa shape index (κ3) is 2.58. The van der Waals surface area contributed by atoms with Gasteiger partial charge in [0.1, 0.15) is 0 Å². The van der Waals surface area contributed by atoms with Crippen molar-refractivity contribution in [2.24, 2.45) is 11.8 Å². The van der Waals surface area contributed by atoms with Crippen LogP contribution in [-0.2, 0) is 0 Å². The van der Waals surface area contributed by atoms with E-state index in [1.807, 2.05) is 0 Å². The van der Waals surface area contributed by atoms with Crippen molar-refractivity contribution in [2.75, 3.05) is 0 Å². The van der Waals surface area contributed by atoms with Crippen LogP contribution in [0.5, 0.6) is 0 Å². The second-order valence-corrected chi connectivity index (χ2v) is 4.22. The van der Waals surface area contributed by atoms with Gasteiger partial charge in [0.05, 0.1) is 6.33 Å². The Morgan fingerprint density at radius 2 is 1.46 bits per heavy atom. The van der Waals surface area contributed by atoms with Gasteiger partial charge in [-0.2, -0.15) is 0 Å². The van der Waals surface area contributed by atoms with Gasteiger partial charge in [-0.05, 0) is 11.8 Å². The van der Waals surface area contributed by atoms with Crippen LogP contribution in [0.1, 0.15) is 38.5 Å². The number of imidazole rings is 1. The molecule has 1 heterocycles. The Kier molecular flexibility index (Phi) is 3.01. The van der Waals surface area contributed by atoms with E-state index >= 15 is 0 Å². The number of H-pyrrole nitrogens is 1. The summed E-state index contributed by atoms with van der Waals surface area (Å²) in [4.78, 5) is 6.42. The van der Waals surface area contributed by atoms with Gasteiger partial charge in [0.15, 0.2) is 0 Å². The molecule has 72 valence electrons. The highest BCUT2D eigenvalue weighted by molar-refractivity contribution is 4.79. The first-order valence-electron chi connectivity index (χ1n) is 5.38. The summed E-state index contributed by atoms with van der Waals surface area (Å²) in [7, 11) is 0. The van der Waals surface area contributed by atoms with Crippen LogP contribution in [0.4, 0.5) is 0 Å². The normalized spacial score (nSPS) is 30.8. The fourth-order valence-electron chi connectivity index (χ4n) is 2.50. The van der Waals surface area contributed by atoms with Gasteiger partial charge < -0.3 is 4.98 Å². The summed E-state index contributed by atoms with van der Waals surface area (Å²) in [6.45, 7) is 0. The molecular weight excluding hydrogens is 160 g/mol. The standard InChI is InChI=1S/C8H14.C3H4N2/c1-2-8-5-3-7(1)4-6-8;1-2-5-3-4-1/h7-8H,1-6H2;1-3H,(H,4,5). The molecule has 0 amide bonds. The minimum Gasteiger partial charge on any atom is -0.351 e. The molecule has 0 aliphatic heterocycles. The summed E-state index contributed by atoms with van der Waals surface area (Å²) in [6.07, 6.45) is 14.4. The molecule has 2 heteroatoms. The first-order valence-corrected chi connectivity index (χ1v) is 5.38. The fourth-order valence-corrected chi connectivity index (χ4v) is 2.50. The number of aromatic nitrogens is 2. The topological polar surface area (TPSA) is 28.7 Å². The molecule has 3 aliphatic rings. The number of aromatic amines is 1. The highest BCUT2D eigenvalue weighted by Crippen LogP contribution is 2.40. The van der Waals surface area contributed by atoms with Crippen LogP contribution in [0.3, 0.4) is 0 Å². The molecule has 1 N–H and O–H groups in total. The summed E-state index contributed by atoms with van der Waals surface area (Å²) >= 11 is 0. The first kappa shape index (κ1) is 8.79. The van der Waals surface area contributed by atoms with Crippen molar-refractivity contribution in [1.82, 2.24) is 9.97 Å². The lowest BCUT2D eigenvalue weighted by molar-refractivity contribution is 0.176. The Labute approximate surface area is 79.8 Å². The van der Waals surface area contributed by atoms with Crippen LogP contribution in [-0.4, -0.2) is 9.97 Å². The minimum atomic E-state index is 1.15. The predicted molar refractivity (Wildman–Crippen MR) is 53.3 cm³/mol. The smallest absolute Gasteiger partial charge is 0.0919 e. The average Bonchev–Trinajstić information content (AvgIpc) is 2.79. The number of rotatable bonds is 0. The van der Waals surface area contributed by atoms with Crippen molar-refractivity contribution >= 4 is 0 Å². The van der Waals surface area contributed by atoms with E-state index in [4.69, 9.17) is 0 Å². The third-order valence-electron chi connectivity index (χ3n) is 3.36. The van der Waals surface area contributed by atoms with Crippen molar-refractivity contribution in [3.8, 4) is 0 Å². The summed E-state index contributed by atoms with van der Waals surface area (Å²) in [5, 5.41) is 0. The number of hydrogen-bond donors (Lipinski definition) is 1. The summed E-state index contributed by atoms with van der Waals surface area (Å²) < 4.78 is 0. The molecule has 2 nitrogen and oxygen atoms in total. The van der Waals surface area contributed by atoms with Crippen LogP contribution in [0.15, 0.2) is 18.7 Å². The molecule has 3 fully saturated rings. The highest BCUT2D eigenvalue weighted by Gasteiger charge is 2.26. The number of hydrogen-bond acceptors (Lipinski definition) is 1. The minimum absolute atomic E-state index is 1.15.